The number of aromatic nitrogens is 2. The number of hydrogen-bond donors (Lipinski definition) is 1. The Morgan fingerprint density at radius 3 is 2.65 bits per heavy atom. The Morgan fingerprint density at radius 1 is 1.35 bits per heavy atom. The largest absolute Gasteiger partial charge is 0.437 e. The fourth-order valence-electron chi connectivity index (χ4n) is 1.56. The molecule has 5 heteroatoms. The number of nitrogens with two attached hydrogens (primary N) is 1. The van der Waals surface area contributed by atoms with Crippen LogP contribution in [0.15, 0.2) is 22.7 Å². The molecule has 0 unspecified atom stereocenters. The van der Waals surface area contributed by atoms with E-state index in [0.29, 0.717) is 11.6 Å². The number of rotatable bonds is 2. The Hall–Kier alpha value is -1.49. The van der Waals surface area contributed by atoms with Crippen LogP contribution in [-0.4, -0.2) is 9.78 Å². The predicted molar refractivity (Wildman–Crippen MR) is 71.3 cm³/mol. The third kappa shape index (κ3) is 2.29. The molecule has 2 aromatic rings. The molecule has 0 aliphatic carbocycles. The molecule has 17 heavy (non-hydrogen) atoms. The molecule has 0 radical (unpaired) electrons. The topological polar surface area (TPSA) is 53.1 Å². The molecule has 0 spiro atoms. The minimum Gasteiger partial charge on any atom is -0.437 e. The molecule has 2 N–H and O–H groups in total. The Balaban J connectivity index is 2.41. The van der Waals surface area contributed by atoms with Gasteiger partial charge in [-0.15, -0.1) is 0 Å². The van der Waals surface area contributed by atoms with Crippen molar-refractivity contribution in [1.82, 2.24) is 9.78 Å². The van der Waals surface area contributed by atoms with Gasteiger partial charge in [0.2, 0.25) is 5.88 Å². The number of benzene rings is 1. The zero-order valence-electron chi connectivity index (χ0n) is 9.99. The highest BCUT2D eigenvalue weighted by Crippen LogP contribution is 2.32. The molecule has 1 heterocycles. The van der Waals surface area contributed by atoms with Crippen molar-refractivity contribution in [1.29, 1.82) is 0 Å². The van der Waals surface area contributed by atoms with E-state index in [1.165, 1.54) is 0 Å². The van der Waals surface area contributed by atoms with Crippen molar-refractivity contribution in [2.24, 2.45) is 7.05 Å². The smallest absolute Gasteiger partial charge is 0.241 e. The van der Waals surface area contributed by atoms with Gasteiger partial charge in [-0.05, 0) is 31.5 Å². The average molecular weight is 296 g/mol. The number of anilines is 1. The van der Waals surface area contributed by atoms with E-state index in [1.54, 1.807) is 4.68 Å². The molecule has 1 aromatic carbocycles. The number of nitrogen functional groups attached to an aromatic ring is 1. The van der Waals surface area contributed by atoms with E-state index >= 15 is 0 Å². The van der Waals surface area contributed by atoms with Crippen LogP contribution in [0.2, 0.25) is 0 Å². The van der Waals surface area contributed by atoms with Gasteiger partial charge in [-0.25, -0.2) is 4.68 Å². The summed E-state index contributed by atoms with van der Waals surface area (Å²) in [7, 11) is 1.81. The van der Waals surface area contributed by atoms with Crippen molar-refractivity contribution in [2.45, 2.75) is 13.8 Å². The lowest BCUT2D eigenvalue weighted by atomic mass is 10.2. The van der Waals surface area contributed by atoms with Gasteiger partial charge in [0.25, 0.3) is 0 Å². The third-order valence-electron chi connectivity index (χ3n) is 2.57. The van der Waals surface area contributed by atoms with Crippen molar-refractivity contribution in [3.63, 3.8) is 0 Å². The van der Waals surface area contributed by atoms with Crippen molar-refractivity contribution in [3.05, 3.63) is 33.9 Å². The highest BCUT2D eigenvalue weighted by molar-refractivity contribution is 9.10. The maximum atomic E-state index is 5.92. The Kier molecular flexibility index (Phi) is 3.11. The van der Waals surface area contributed by atoms with Crippen molar-refractivity contribution < 1.29 is 4.74 Å². The summed E-state index contributed by atoms with van der Waals surface area (Å²) < 4.78 is 8.43. The quantitative estimate of drug-likeness (QED) is 0.926. The number of aryl methyl sites for hydroxylation is 3. The number of nitrogens with zero attached hydrogens (tertiary/aromatic N) is 2. The Labute approximate surface area is 109 Å². The predicted octanol–water partition coefficient (Wildman–Crippen LogP) is 3.17. The average Bonchev–Trinajstić information content (AvgIpc) is 2.50. The van der Waals surface area contributed by atoms with Crippen LogP contribution in [0, 0.1) is 13.8 Å². The summed E-state index contributed by atoms with van der Waals surface area (Å²) in [4.78, 5) is 0. The Morgan fingerprint density at radius 2 is 2.06 bits per heavy atom. The molecule has 0 fully saturated rings. The maximum absolute atomic E-state index is 5.92. The minimum atomic E-state index is 0.573. The molecule has 0 saturated heterocycles. The Bertz CT molecular complexity index is 563. The number of halogens is 1. The SMILES string of the molecule is Cc1ccc(Br)cc1Oc1c(N)c(C)nn1C. The number of hydrogen-bond acceptors (Lipinski definition) is 3. The van der Waals surface area contributed by atoms with Gasteiger partial charge in [-0.1, -0.05) is 22.0 Å². The van der Waals surface area contributed by atoms with Gasteiger partial charge in [0, 0.05) is 11.5 Å². The highest BCUT2D eigenvalue weighted by Gasteiger charge is 2.13. The van der Waals surface area contributed by atoms with E-state index < -0.39 is 0 Å². The molecule has 0 bridgehead atoms. The van der Waals surface area contributed by atoms with Gasteiger partial charge in [-0.3, -0.25) is 0 Å². The minimum absolute atomic E-state index is 0.573. The lowest BCUT2D eigenvalue weighted by molar-refractivity contribution is 0.429. The van der Waals surface area contributed by atoms with Crippen LogP contribution in [0.5, 0.6) is 11.6 Å². The first-order chi connectivity index (χ1) is 7.99. The van der Waals surface area contributed by atoms with Gasteiger partial charge in [0.05, 0.1) is 5.69 Å². The molecular weight excluding hydrogens is 282 g/mol. The lowest BCUT2D eigenvalue weighted by Gasteiger charge is -2.09. The van der Waals surface area contributed by atoms with E-state index in [4.69, 9.17) is 10.5 Å². The summed E-state index contributed by atoms with van der Waals surface area (Å²) in [6, 6.07) is 5.87. The van der Waals surface area contributed by atoms with E-state index in [2.05, 4.69) is 21.0 Å². The van der Waals surface area contributed by atoms with Crippen LogP contribution in [0.3, 0.4) is 0 Å². The van der Waals surface area contributed by atoms with E-state index in [-0.39, 0.29) is 0 Å². The summed E-state index contributed by atoms with van der Waals surface area (Å²) in [6.07, 6.45) is 0. The van der Waals surface area contributed by atoms with Crippen LogP contribution in [0.1, 0.15) is 11.3 Å². The second kappa shape index (κ2) is 4.41. The maximum Gasteiger partial charge on any atom is 0.241 e. The zero-order valence-corrected chi connectivity index (χ0v) is 11.6. The summed E-state index contributed by atoms with van der Waals surface area (Å²) in [5.41, 5.74) is 8.32. The van der Waals surface area contributed by atoms with Gasteiger partial charge in [0.15, 0.2) is 0 Å². The zero-order chi connectivity index (χ0) is 12.6. The normalized spacial score (nSPS) is 10.6. The molecule has 0 atom stereocenters. The first-order valence-corrected chi connectivity index (χ1v) is 6.01. The molecule has 4 nitrogen and oxygen atoms in total. The standard InChI is InChI=1S/C12H14BrN3O/c1-7-4-5-9(13)6-10(7)17-12-11(14)8(2)15-16(12)3/h4-6H,14H2,1-3H3. The van der Waals surface area contributed by atoms with Crippen molar-refractivity contribution in [3.8, 4) is 11.6 Å². The summed E-state index contributed by atoms with van der Waals surface area (Å²) in [5.74, 6) is 1.35. The van der Waals surface area contributed by atoms with Gasteiger partial charge in [-0.2, -0.15) is 5.10 Å². The second-order valence-corrected chi connectivity index (χ2v) is 4.86. The van der Waals surface area contributed by atoms with Crippen LogP contribution >= 0.6 is 15.9 Å². The molecule has 0 aliphatic heterocycles. The van der Waals surface area contributed by atoms with E-state index in [0.717, 1.165) is 21.5 Å². The molecule has 0 amide bonds. The second-order valence-electron chi connectivity index (χ2n) is 3.94. The third-order valence-corrected chi connectivity index (χ3v) is 3.06. The summed E-state index contributed by atoms with van der Waals surface area (Å²) in [6.45, 7) is 3.84. The van der Waals surface area contributed by atoms with E-state index in [9.17, 15) is 0 Å². The molecular formula is C12H14BrN3O. The fraction of sp³-hybridized carbons (Fsp3) is 0.250. The van der Waals surface area contributed by atoms with Crippen molar-refractivity contribution >= 4 is 21.6 Å². The molecule has 0 aliphatic rings. The molecule has 1 aromatic heterocycles. The summed E-state index contributed by atoms with van der Waals surface area (Å²) in [5, 5.41) is 4.21. The summed E-state index contributed by atoms with van der Waals surface area (Å²) >= 11 is 3.42. The van der Waals surface area contributed by atoms with Gasteiger partial charge in [0.1, 0.15) is 11.4 Å². The van der Waals surface area contributed by atoms with Crippen LogP contribution in [-0.2, 0) is 7.05 Å². The fourth-order valence-corrected chi connectivity index (χ4v) is 1.90. The first kappa shape index (κ1) is 12.0. The van der Waals surface area contributed by atoms with Gasteiger partial charge >= 0.3 is 0 Å². The van der Waals surface area contributed by atoms with Crippen LogP contribution < -0.4 is 10.5 Å². The van der Waals surface area contributed by atoms with Crippen molar-refractivity contribution in [2.75, 3.05) is 5.73 Å². The molecule has 2 rings (SSSR count). The van der Waals surface area contributed by atoms with Crippen LogP contribution in [0.25, 0.3) is 0 Å². The van der Waals surface area contributed by atoms with E-state index in [1.807, 2.05) is 39.1 Å². The molecule has 0 saturated carbocycles. The number of ether oxygens (including phenoxy) is 1. The monoisotopic (exact) mass is 295 g/mol. The van der Waals surface area contributed by atoms with Crippen LogP contribution in [0.4, 0.5) is 5.69 Å². The van der Waals surface area contributed by atoms with Gasteiger partial charge < -0.3 is 10.5 Å². The molecule has 90 valence electrons. The first-order valence-electron chi connectivity index (χ1n) is 5.22. The highest BCUT2D eigenvalue weighted by atomic mass is 79.9. The lowest BCUT2D eigenvalue weighted by Crippen LogP contribution is -1.98.